The van der Waals surface area contributed by atoms with E-state index in [0.29, 0.717) is 0 Å². The van der Waals surface area contributed by atoms with Crippen LogP contribution in [0, 0.1) is 0 Å². The lowest BCUT2D eigenvalue weighted by atomic mass is 10.2. The highest BCUT2D eigenvalue weighted by Crippen LogP contribution is 2.32. The van der Waals surface area contributed by atoms with Crippen molar-refractivity contribution in [2.75, 3.05) is 31.2 Å². The number of para-hydroxylation sites is 3. The van der Waals surface area contributed by atoms with Crippen LogP contribution in [0.15, 0.2) is 54.6 Å². The van der Waals surface area contributed by atoms with Crippen LogP contribution in [0.3, 0.4) is 0 Å². The summed E-state index contributed by atoms with van der Waals surface area (Å²) in [7, 11) is 0. The molecule has 0 bridgehead atoms. The molecule has 3 rings (SSSR count). The maximum atomic E-state index is 5.98. The molecule has 0 atom stereocenters. The normalized spacial score (nSPS) is 15.3. The molecule has 2 aromatic carbocycles. The van der Waals surface area contributed by atoms with E-state index in [1.807, 2.05) is 48.5 Å². The predicted molar refractivity (Wildman–Crippen MR) is 76.0 cm³/mol. The van der Waals surface area contributed by atoms with Gasteiger partial charge in [0, 0.05) is 13.1 Å². The van der Waals surface area contributed by atoms with E-state index in [4.69, 9.17) is 9.47 Å². The fourth-order valence-electron chi connectivity index (χ4n) is 2.22. The van der Waals surface area contributed by atoms with Crippen molar-refractivity contribution in [2.45, 2.75) is 0 Å². The standard InChI is InChI=1S/C16H17NO2/c1-2-6-14(7-3-1)19-16-9-5-4-8-15(16)17-10-12-18-13-11-17/h1-9H,10-13H2. The molecule has 1 heterocycles. The van der Waals surface area contributed by atoms with Gasteiger partial charge in [-0.2, -0.15) is 0 Å². The van der Waals surface area contributed by atoms with Crippen molar-refractivity contribution in [3.05, 3.63) is 54.6 Å². The molecule has 0 radical (unpaired) electrons. The third-order valence-corrected chi connectivity index (χ3v) is 3.19. The number of nitrogens with zero attached hydrogens (tertiary/aromatic N) is 1. The molecule has 1 aliphatic rings. The van der Waals surface area contributed by atoms with Crippen molar-refractivity contribution in [1.82, 2.24) is 0 Å². The first-order chi connectivity index (χ1) is 9.43. The largest absolute Gasteiger partial charge is 0.455 e. The number of anilines is 1. The first kappa shape index (κ1) is 12.1. The Kier molecular flexibility index (Phi) is 3.65. The minimum Gasteiger partial charge on any atom is -0.455 e. The third kappa shape index (κ3) is 2.88. The molecule has 0 aliphatic carbocycles. The SMILES string of the molecule is c1ccc(Oc2ccccc2N2CCOCC2)cc1. The molecule has 0 N–H and O–H groups in total. The van der Waals surface area contributed by atoms with E-state index in [1.165, 1.54) is 0 Å². The minimum absolute atomic E-state index is 0.777. The van der Waals surface area contributed by atoms with Gasteiger partial charge in [-0.1, -0.05) is 30.3 Å². The molecule has 2 aromatic rings. The lowest BCUT2D eigenvalue weighted by molar-refractivity contribution is 0.122. The Morgan fingerprint density at radius 2 is 1.53 bits per heavy atom. The molecule has 0 saturated carbocycles. The molecule has 0 amide bonds. The van der Waals surface area contributed by atoms with E-state index >= 15 is 0 Å². The van der Waals surface area contributed by atoms with E-state index in [1.54, 1.807) is 0 Å². The Hall–Kier alpha value is -2.00. The summed E-state index contributed by atoms with van der Waals surface area (Å²) in [6, 6.07) is 18.0. The van der Waals surface area contributed by atoms with E-state index in [9.17, 15) is 0 Å². The van der Waals surface area contributed by atoms with Crippen molar-refractivity contribution in [3.8, 4) is 11.5 Å². The Labute approximate surface area is 113 Å². The summed E-state index contributed by atoms with van der Waals surface area (Å²) in [5, 5.41) is 0. The van der Waals surface area contributed by atoms with Gasteiger partial charge in [-0.05, 0) is 24.3 Å². The molecule has 0 spiro atoms. The number of hydrogen-bond acceptors (Lipinski definition) is 3. The zero-order valence-corrected chi connectivity index (χ0v) is 10.8. The summed E-state index contributed by atoms with van der Waals surface area (Å²) in [5.41, 5.74) is 1.13. The van der Waals surface area contributed by atoms with Gasteiger partial charge in [0.2, 0.25) is 0 Å². The maximum Gasteiger partial charge on any atom is 0.150 e. The van der Waals surface area contributed by atoms with E-state index in [-0.39, 0.29) is 0 Å². The van der Waals surface area contributed by atoms with Crippen LogP contribution < -0.4 is 9.64 Å². The van der Waals surface area contributed by atoms with E-state index in [0.717, 1.165) is 43.5 Å². The molecule has 1 aliphatic heterocycles. The van der Waals surface area contributed by atoms with Crippen LogP contribution >= 0.6 is 0 Å². The Morgan fingerprint density at radius 1 is 0.842 bits per heavy atom. The second-order valence-corrected chi connectivity index (χ2v) is 4.48. The molecule has 19 heavy (non-hydrogen) atoms. The molecular weight excluding hydrogens is 238 g/mol. The molecule has 98 valence electrons. The smallest absolute Gasteiger partial charge is 0.150 e. The monoisotopic (exact) mass is 255 g/mol. The lowest BCUT2D eigenvalue weighted by Crippen LogP contribution is -2.36. The zero-order valence-electron chi connectivity index (χ0n) is 10.8. The second-order valence-electron chi connectivity index (χ2n) is 4.48. The summed E-state index contributed by atoms with van der Waals surface area (Å²) in [6.45, 7) is 3.38. The van der Waals surface area contributed by atoms with Crippen LogP contribution in [0.1, 0.15) is 0 Å². The van der Waals surface area contributed by atoms with Gasteiger partial charge in [-0.3, -0.25) is 0 Å². The number of hydrogen-bond donors (Lipinski definition) is 0. The van der Waals surface area contributed by atoms with Crippen molar-refractivity contribution in [2.24, 2.45) is 0 Å². The van der Waals surface area contributed by atoms with Gasteiger partial charge in [-0.25, -0.2) is 0 Å². The molecule has 3 nitrogen and oxygen atoms in total. The van der Waals surface area contributed by atoms with Crippen LogP contribution in [0.5, 0.6) is 11.5 Å². The van der Waals surface area contributed by atoms with Crippen LogP contribution in [-0.2, 0) is 4.74 Å². The van der Waals surface area contributed by atoms with Gasteiger partial charge in [0.05, 0.1) is 18.9 Å². The average Bonchev–Trinajstić information content (AvgIpc) is 2.50. The van der Waals surface area contributed by atoms with Crippen molar-refractivity contribution >= 4 is 5.69 Å². The van der Waals surface area contributed by atoms with Crippen LogP contribution in [0.4, 0.5) is 5.69 Å². The van der Waals surface area contributed by atoms with Gasteiger partial charge in [0.25, 0.3) is 0 Å². The summed E-state index contributed by atoms with van der Waals surface area (Å²) in [4.78, 5) is 2.31. The molecule has 0 aromatic heterocycles. The number of morpholine rings is 1. The van der Waals surface area contributed by atoms with Crippen LogP contribution in [-0.4, -0.2) is 26.3 Å². The summed E-state index contributed by atoms with van der Waals surface area (Å²) in [5.74, 6) is 1.76. The van der Waals surface area contributed by atoms with Gasteiger partial charge < -0.3 is 14.4 Å². The van der Waals surface area contributed by atoms with Crippen LogP contribution in [0.2, 0.25) is 0 Å². The topological polar surface area (TPSA) is 21.7 Å². The summed E-state index contributed by atoms with van der Waals surface area (Å²) >= 11 is 0. The van der Waals surface area contributed by atoms with Gasteiger partial charge >= 0.3 is 0 Å². The van der Waals surface area contributed by atoms with Crippen molar-refractivity contribution in [1.29, 1.82) is 0 Å². The fourth-order valence-corrected chi connectivity index (χ4v) is 2.22. The highest BCUT2D eigenvalue weighted by molar-refractivity contribution is 5.59. The van der Waals surface area contributed by atoms with Gasteiger partial charge in [-0.15, -0.1) is 0 Å². The highest BCUT2D eigenvalue weighted by Gasteiger charge is 2.15. The van der Waals surface area contributed by atoms with Crippen LogP contribution in [0.25, 0.3) is 0 Å². The van der Waals surface area contributed by atoms with Gasteiger partial charge in [0.15, 0.2) is 5.75 Å². The average molecular weight is 255 g/mol. The predicted octanol–water partition coefficient (Wildman–Crippen LogP) is 3.32. The lowest BCUT2D eigenvalue weighted by Gasteiger charge is -2.30. The molecule has 0 unspecified atom stereocenters. The van der Waals surface area contributed by atoms with E-state index < -0.39 is 0 Å². The quantitative estimate of drug-likeness (QED) is 0.839. The van der Waals surface area contributed by atoms with Crippen molar-refractivity contribution in [3.63, 3.8) is 0 Å². The number of benzene rings is 2. The minimum atomic E-state index is 0.777. The second kappa shape index (κ2) is 5.76. The summed E-state index contributed by atoms with van der Waals surface area (Å²) < 4.78 is 11.4. The maximum absolute atomic E-state index is 5.98. The number of ether oxygens (including phenoxy) is 2. The number of rotatable bonds is 3. The highest BCUT2D eigenvalue weighted by atomic mass is 16.5. The Morgan fingerprint density at radius 3 is 2.32 bits per heavy atom. The Balaban J connectivity index is 1.84. The molecule has 3 heteroatoms. The Bertz CT molecular complexity index is 521. The van der Waals surface area contributed by atoms with E-state index in [2.05, 4.69) is 11.0 Å². The molecule has 1 fully saturated rings. The first-order valence-corrected chi connectivity index (χ1v) is 6.58. The zero-order chi connectivity index (χ0) is 12.9. The molecular formula is C16H17NO2. The van der Waals surface area contributed by atoms with Crippen molar-refractivity contribution < 1.29 is 9.47 Å². The molecule has 1 saturated heterocycles. The first-order valence-electron chi connectivity index (χ1n) is 6.58. The fraction of sp³-hybridized carbons (Fsp3) is 0.250. The van der Waals surface area contributed by atoms with Gasteiger partial charge in [0.1, 0.15) is 5.75 Å². The summed E-state index contributed by atoms with van der Waals surface area (Å²) in [6.07, 6.45) is 0. The third-order valence-electron chi connectivity index (χ3n) is 3.19.